The molecule has 0 spiro atoms. The van der Waals surface area contributed by atoms with Gasteiger partial charge in [-0.2, -0.15) is 8.78 Å². The summed E-state index contributed by atoms with van der Waals surface area (Å²) >= 11 is 6.10. The molecule has 34 heavy (non-hydrogen) atoms. The Morgan fingerprint density at radius 1 is 1.15 bits per heavy atom. The fourth-order valence-corrected chi connectivity index (χ4v) is 4.15. The maximum absolute atomic E-state index is 14.6. The van der Waals surface area contributed by atoms with Gasteiger partial charge >= 0.3 is 23.6 Å². The van der Waals surface area contributed by atoms with Crippen LogP contribution in [0.2, 0.25) is 5.02 Å². The van der Waals surface area contributed by atoms with E-state index in [1.54, 1.807) is 0 Å². The fraction of sp³-hybridized carbons (Fsp3) is 0.261. The quantitative estimate of drug-likeness (QED) is 0.522. The molecule has 2 aromatic carbocycles. The lowest BCUT2D eigenvalue weighted by Gasteiger charge is -2.32. The first-order valence-electron chi connectivity index (χ1n) is 10.2. The standard InChI is InChI=1S/C23H17ClF3NO6/c24-18-8-13(25)3-5-15(18)17-10-20(29)33-19-9-14(4-6-16(17)19)34-23(26,27)22(32)28-7-1-2-12(11-28)21(30)31/h3-6,8-10,12H,1-2,7,11H2,(H,30,31)/t12-/m0/s1. The second kappa shape index (κ2) is 9.02. The number of alkyl halides is 2. The molecule has 1 aliphatic rings. The van der Waals surface area contributed by atoms with Crippen molar-refractivity contribution in [2.75, 3.05) is 13.1 Å². The molecule has 1 amide bonds. The number of carboxylic acids is 1. The minimum atomic E-state index is -4.29. The van der Waals surface area contributed by atoms with Crippen LogP contribution in [0.15, 0.2) is 51.7 Å². The lowest BCUT2D eigenvalue weighted by molar-refractivity contribution is -0.205. The zero-order valence-electron chi connectivity index (χ0n) is 17.4. The molecule has 0 saturated carbocycles. The number of piperidine rings is 1. The predicted octanol–water partition coefficient (Wildman–Crippen LogP) is 4.55. The monoisotopic (exact) mass is 495 g/mol. The van der Waals surface area contributed by atoms with Gasteiger partial charge < -0.3 is 19.2 Å². The van der Waals surface area contributed by atoms with Gasteiger partial charge in [0.25, 0.3) is 0 Å². The Bertz CT molecular complexity index is 1340. The molecule has 0 bridgehead atoms. The number of rotatable bonds is 5. The van der Waals surface area contributed by atoms with Crippen LogP contribution in [-0.2, 0) is 9.59 Å². The normalized spacial score (nSPS) is 16.5. The Morgan fingerprint density at radius 3 is 2.62 bits per heavy atom. The number of amides is 1. The number of nitrogens with zero attached hydrogens (tertiary/aromatic N) is 1. The number of benzene rings is 2. The van der Waals surface area contributed by atoms with E-state index in [0.717, 1.165) is 35.2 Å². The second-order valence-electron chi connectivity index (χ2n) is 7.81. The van der Waals surface area contributed by atoms with Crippen LogP contribution in [0.5, 0.6) is 5.75 Å². The van der Waals surface area contributed by atoms with Crippen LogP contribution >= 0.6 is 11.6 Å². The third-order valence-electron chi connectivity index (χ3n) is 5.49. The van der Waals surface area contributed by atoms with Crippen molar-refractivity contribution in [3.63, 3.8) is 0 Å². The third-order valence-corrected chi connectivity index (χ3v) is 5.80. The summed E-state index contributed by atoms with van der Waals surface area (Å²) in [5.74, 6) is -4.79. The van der Waals surface area contributed by atoms with E-state index in [-0.39, 0.29) is 36.5 Å². The molecule has 11 heteroatoms. The highest BCUT2D eigenvalue weighted by Crippen LogP contribution is 2.35. The minimum absolute atomic E-state index is 0.0179. The molecule has 1 fully saturated rings. The lowest BCUT2D eigenvalue weighted by atomic mass is 9.98. The van der Waals surface area contributed by atoms with Gasteiger partial charge in [0.15, 0.2) is 0 Å². The highest BCUT2D eigenvalue weighted by molar-refractivity contribution is 6.33. The van der Waals surface area contributed by atoms with E-state index < -0.39 is 41.1 Å². The van der Waals surface area contributed by atoms with E-state index in [1.165, 1.54) is 12.1 Å². The van der Waals surface area contributed by atoms with Gasteiger partial charge in [-0.3, -0.25) is 9.59 Å². The van der Waals surface area contributed by atoms with Crippen molar-refractivity contribution in [1.29, 1.82) is 0 Å². The zero-order chi connectivity index (χ0) is 24.6. The van der Waals surface area contributed by atoms with Gasteiger partial charge in [0.05, 0.1) is 10.9 Å². The number of hydrogen-bond donors (Lipinski definition) is 1. The molecular formula is C23H17ClF3NO6. The largest absolute Gasteiger partial charge is 0.482 e. The summed E-state index contributed by atoms with van der Waals surface area (Å²) in [5.41, 5.74) is -0.310. The van der Waals surface area contributed by atoms with Crippen LogP contribution in [-0.4, -0.2) is 41.1 Å². The van der Waals surface area contributed by atoms with Gasteiger partial charge in [0.2, 0.25) is 0 Å². The van der Waals surface area contributed by atoms with Gasteiger partial charge in [-0.25, -0.2) is 9.18 Å². The van der Waals surface area contributed by atoms with Crippen molar-refractivity contribution < 1.29 is 37.0 Å². The van der Waals surface area contributed by atoms with Crippen molar-refractivity contribution >= 4 is 34.4 Å². The molecule has 1 aromatic heterocycles. The zero-order valence-corrected chi connectivity index (χ0v) is 18.2. The predicted molar refractivity (Wildman–Crippen MR) is 115 cm³/mol. The molecule has 1 N–H and O–H groups in total. The molecule has 1 atom stereocenters. The minimum Gasteiger partial charge on any atom is -0.481 e. The Balaban J connectivity index is 1.63. The Labute approximate surface area is 195 Å². The second-order valence-corrected chi connectivity index (χ2v) is 8.22. The summed E-state index contributed by atoms with van der Waals surface area (Å²) < 4.78 is 52.4. The number of carbonyl (C=O) groups excluding carboxylic acids is 1. The average Bonchev–Trinajstić information content (AvgIpc) is 2.77. The molecule has 3 aromatic rings. The first kappa shape index (κ1) is 23.6. The van der Waals surface area contributed by atoms with Crippen molar-refractivity contribution in [3.8, 4) is 16.9 Å². The topological polar surface area (TPSA) is 97.0 Å². The van der Waals surface area contributed by atoms with E-state index >= 15 is 0 Å². The number of hydrogen-bond acceptors (Lipinski definition) is 5. The number of fused-ring (bicyclic) bond motifs is 1. The van der Waals surface area contributed by atoms with Crippen LogP contribution in [0.1, 0.15) is 12.8 Å². The van der Waals surface area contributed by atoms with Crippen LogP contribution in [0.3, 0.4) is 0 Å². The van der Waals surface area contributed by atoms with E-state index in [0.29, 0.717) is 16.5 Å². The van der Waals surface area contributed by atoms with Crippen molar-refractivity contribution in [1.82, 2.24) is 4.90 Å². The molecule has 1 aliphatic heterocycles. The number of carbonyl (C=O) groups is 2. The Morgan fingerprint density at radius 2 is 1.91 bits per heavy atom. The highest BCUT2D eigenvalue weighted by Gasteiger charge is 2.47. The number of likely N-dealkylation sites (tertiary alicyclic amines) is 1. The fourth-order valence-electron chi connectivity index (χ4n) is 3.88. The smallest absolute Gasteiger partial charge is 0.481 e. The third kappa shape index (κ3) is 4.72. The molecular weight excluding hydrogens is 479 g/mol. The SMILES string of the molecule is O=C(O)[C@H]1CCCN(C(=O)C(F)(F)Oc2ccc3c(-c4ccc(F)cc4Cl)cc(=O)oc3c2)C1. The van der Waals surface area contributed by atoms with E-state index in [2.05, 4.69) is 4.74 Å². The van der Waals surface area contributed by atoms with Gasteiger partial charge in [0.1, 0.15) is 17.1 Å². The van der Waals surface area contributed by atoms with Gasteiger partial charge in [-0.15, -0.1) is 0 Å². The van der Waals surface area contributed by atoms with Crippen LogP contribution in [0.4, 0.5) is 13.2 Å². The molecule has 7 nitrogen and oxygen atoms in total. The maximum atomic E-state index is 14.6. The number of carboxylic acid groups (broad SMARTS) is 1. The van der Waals surface area contributed by atoms with E-state index in [4.69, 9.17) is 21.1 Å². The molecule has 178 valence electrons. The summed E-state index contributed by atoms with van der Waals surface area (Å²) in [6, 6.07) is 8.24. The number of halogens is 4. The molecule has 0 aliphatic carbocycles. The van der Waals surface area contributed by atoms with Crippen LogP contribution in [0, 0.1) is 11.7 Å². The van der Waals surface area contributed by atoms with Gasteiger partial charge in [-0.1, -0.05) is 11.6 Å². The first-order chi connectivity index (χ1) is 16.0. The van der Waals surface area contributed by atoms with Gasteiger partial charge in [0, 0.05) is 41.7 Å². The van der Waals surface area contributed by atoms with Crippen molar-refractivity contribution in [3.05, 3.63) is 63.7 Å². The summed E-state index contributed by atoms with van der Waals surface area (Å²) in [5, 5.41) is 9.46. The summed E-state index contributed by atoms with van der Waals surface area (Å²) in [6.45, 7) is -0.364. The molecule has 1 saturated heterocycles. The van der Waals surface area contributed by atoms with Crippen LogP contribution < -0.4 is 10.4 Å². The molecule has 4 rings (SSSR count). The van der Waals surface area contributed by atoms with E-state index in [9.17, 15) is 27.6 Å². The summed E-state index contributed by atoms with van der Waals surface area (Å²) in [6.07, 6.45) is -3.73. The average molecular weight is 496 g/mol. The van der Waals surface area contributed by atoms with E-state index in [1.807, 2.05) is 0 Å². The number of aliphatic carboxylic acids is 1. The summed E-state index contributed by atoms with van der Waals surface area (Å²) in [7, 11) is 0. The summed E-state index contributed by atoms with van der Waals surface area (Å²) in [4.78, 5) is 36.4. The lowest BCUT2D eigenvalue weighted by Crippen LogP contribution is -2.51. The maximum Gasteiger partial charge on any atom is 0.482 e. The van der Waals surface area contributed by atoms with Crippen molar-refractivity contribution in [2.45, 2.75) is 19.0 Å². The van der Waals surface area contributed by atoms with Crippen LogP contribution in [0.25, 0.3) is 22.1 Å². The highest BCUT2D eigenvalue weighted by atomic mass is 35.5. The first-order valence-corrected chi connectivity index (χ1v) is 10.6. The molecule has 0 unspecified atom stereocenters. The Hall–Kier alpha value is -3.53. The number of ether oxygens (including phenoxy) is 1. The van der Waals surface area contributed by atoms with Crippen molar-refractivity contribution in [2.24, 2.45) is 5.92 Å². The van der Waals surface area contributed by atoms with Gasteiger partial charge in [-0.05, 0) is 43.2 Å². The molecule has 0 radical (unpaired) electrons. The molecule has 2 heterocycles. The Kier molecular flexibility index (Phi) is 6.26.